The number of carbonyl (C=O) groups excluding carboxylic acids is 1. The molecule has 0 saturated heterocycles. The smallest absolute Gasteiger partial charge is 0.147 e. The molecule has 0 N–H and O–H groups in total. The fourth-order valence-corrected chi connectivity index (χ4v) is 1.62. The van der Waals surface area contributed by atoms with Crippen molar-refractivity contribution in [2.24, 2.45) is 0 Å². The van der Waals surface area contributed by atoms with Gasteiger partial charge in [0.05, 0.1) is 5.57 Å². The third kappa shape index (κ3) is 1.06. The van der Waals surface area contributed by atoms with Crippen molar-refractivity contribution in [3.05, 3.63) is 41.0 Å². The molecule has 0 bridgehead atoms. The SMILES string of the molecule is N#CC1=C(C=O)Cc2ccccc21. The average molecular weight is 169 g/mol. The van der Waals surface area contributed by atoms with Crippen molar-refractivity contribution in [2.45, 2.75) is 6.42 Å². The minimum absolute atomic E-state index is 0.533. The maximum Gasteiger partial charge on any atom is 0.147 e. The maximum absolute atomic E-state index is 10.6. The molecule has 1 aliphatic rings. The van der Waals surface area contributed by atoms with E-state index in [9.17, 15) is 4.79 Å². The Hall–Kier alpha value is -1.88. The number of nitrogens with zero attached hydrogens (tertiary/aromatic N) is 1. The van der Waals surface area contributed by atoms with Gasteiger partial charge in [-0.3, -0.25) is 4.79 Å². The van der Waals surface area contributed by atoms with Crippen molar-refractivity contribution >= 4 is 11.9 Å². The molecule has 0 amide bonds. The van der Waals surface area contributed by atoms with Gasteiger partial charge in [-0.1, -0.05) is 24.3 Å². The summed E-state index contributed by atoms with van der Waals surface area (Å²) in [6.45, 7) is 0. The van der Waals surface area contributed by atoms with E-state index in [1.54, 1.807) is 0 Å². The number of allylic oxidation sites excluding steroid dienone is 2. The topological polar surface area (TPSA) is 40.9 Å². The summed E-state index contributed by atoms with van der Waals surface area (Å²) in [6.07, 6.45) is 1.38. The molecule has 62 valence electrons. The lowest BCUT2D eigenvalue weighted by molar-refractivity contribution is -0.104. The first-order valence-corrected chi connectivity index (χ1v) is 4.03. The summed E-state index contributed by atoms with van der Waals surface area (Å²) in [4.78, 5) is 10.6. The van der Waals surface area contributed by atoms with E-state index in [0.29, 0.717) is 17.6 Å². The molecule has 0 aromatic heterocycles. The summed E-state index contributed by atoms with van der Waals surface area (Å²) >= 11 is 0. The first kappa shape index (κ1) is 7.75. The Morgan fingerprint density at radius 3 is 2.85 bits per heavy atom. The third-order valence-corrected chi connectivity index (χ3v) is 2.24. The predicted molar refractivity (Wildman–Crippen MR) is 48.7 cm³/mol. The Labute approximate surface area is 76.1 Å². The highest BCUT2D eigenvalue weighted by Gasteiger charge is 2.19. The Morgan fingerprint density at radius 1 is 1.38 bits per heavy atom. The number of carbonyl (C=O) groups is 1. The van der Waals surface area contributed by atoms with Gasteiger partial charge in [0.1, 0.15) is 12.4 Å². The lowest BCUT2D eigenvalue weighted by Gasteiger charge is -1.95. The minimum Gasteiger partial charge on any atom is -0.298 e. The van der Waals surface area contributed by atoms with E-state index >= 15 is 0 Å². The van der Waals surface area contributed by atoms with Gasteiger partial charge in [0.15, 0.2) is 0 Å². The molecule has 1 aliphatic carbocycles. The van der Waals surface area contributed by atoms with E-state index in [0.717, 1.165) is 17.4 Å². The van der Waals surface area contributed by atoms with Crippen LogP contribution in [0.25, 0.3) is 5.57 Å². The molecule has 2 rings (SSSR count). The molecule has 0 atom stereocenters. The van der Waals surface area contributed by atoms with Crippen LogP contribution < -0.4 is 0 Å². The zero-order valence-corrected chi connectivity index (χ0v) is 6.95. The zero-order chi connectivity index (χ0) is 9.26. The molecule has 0 spiro atoms. The summed E-state index contributed by atoms with van der Waals surface area (Å²) in [5, 5.41) is 8.85. The Bertz CT molecular complexity index is 438. The number of hydrogen-bond acceptors (Lipinski definition) is 2. The number of rotatable bonds is 1. The molecule has 2 nitrogen and oxygen atoms in total. The summed E-state index contributed by atoms with van der Waals surface area (Å²) in [7, 11) is 0. The fourth-order valence-electron chi connectivity index (χ4n) is 1.62. The van der Waals surface area contributed by atoms with Crippen LogP contribution in [0.5, 0.6) is 0 Å². The lowest BCUT2D eigenvalue weighted by atomic mass is 10.1. The number of benzene rings is 1. The molecule has 13 heavy (non-hydrogen) atoms. The van der Waals surface area contributed by atoms with Crippen molar-refractivity contribution in [3.8, 4) is 6.07 Å². The van der Waals surface area contributed by atoms with Gasteiger partial charge in [0, 0.05) is 12.0 Å². The van der Waals surface area contributed by atoms with Crippen LogP contribution in [-0.4, -0.2) is 6.29 Å². The van der Waals surface area contributed by atoms with E-state index in [4.69, 9.17) is 5.26 Å². The summed E-state index contributed by atoms with van der Waals surface area (Å²) < 4.78 is 0. The van der Waals surface area contributed by atoms with E-state index in [1.165, 1.54) is 0 Å². The quantitative estimate of drug-likeness (QED) is 0.600. The van der Waals surface area contributed by atoms with E-state index in [2.05, 4.69) is 6.07 Å². The molecular formula is C11H7NO. The number of aldehydes is 1. The van der Waals surface area contributed by atoms with Crippen molar-refractivity contribution in [2.75, 3.05) is 0 Å². The molecule has 1 aromatic rings. The van der Waals surface area contributed by atoms with Crippen LogP contribution in [-0.2, 0) is 11.2 Å². The number of nitriles is 1. The monoisotopic (exact) mass is 169 g/mol. The minimum atomic E-state index is 0.533. The van der Waals surface area contributed by atoms with E-state index in [1.807, 2.05) is 24.3 Å². The van der Waals surface area contributed by atoms with Gasteiger partial charge in [-0.05, 0) is 11.1 Å². The van der Waals surface area contributed by atoms with Gasteiger partial charge in [0.2, 0.25) is 0 Å². The first-order valence-electron chi connectivity index (χ1n) is 4.03. The number of hydrogen-bond donors (Lipinski definition) is 0. The molecule has 0 unspecified atom stereocenters. The molecule has 0 aliphatic heterocycles. The summed E-state index contributed by atoms with van der Waals surface area (Å²) in [5.41, 5.74) is 3.11. The lowest BCUT2D eigenvalue weighted by Crippen LogP contribution is -1.84. The normalized spacial score (nSPS) is 13.8. The van der Waals surface area contributed by atoms with Gasteiger partial charge in [-0.15, -0.1) is 0 Å². The molecule has 1 aromatic carbocycles. The predicted octanol–water partition coefficient (Wildman–Crippen LogP) is 1.72. The second kappa shape index (κ2) is 2.87. The second-order valence-electron chi connectivity index (χ2n) is 2.96. The van der Waals surface area contributed by atoms with Crippen LogP contribution in [0.2, 0.25) is 0 Å². The molecule has 0 heterocycles. The Kier molecular flexibility index (Phi) is 1.71. The molecule has 0 saturated carbocycles. The first-order chi connectivity index (χ1) is 6.36. The zero-order valence-electron chi connectivity index (χ0n) is 6.95. The summed E-state index contributed by atoms with van der Waals surface area (Å²) in [6, 6.07) is 9.69. The van der Waals surface area contributed by atoms with E-state index < -0.39 is 0 Å². The van der Waals surface area contributed by atoms with E-state index in [-0.39, 0.29) is 0 Å². The molecule has 0 radical (unpaired) electrons. The Morgan fingerprint density at radius 2 is 2.15 bits per heavy atom. The third-order valence-electron chi connectivity index (χ3n) is 2.24. The van der Waals surface area contributed by atoms with Crippen molar-refractivity contribution < 1.29 is 4.79 Å². The van der Waals surface area contributed by atoms with Crippen molar-refractivity contribution in [1.29, 1.82) is 5.26 Å². The standard InChI is InChI=1S/C11H7NO/c12-6-11-9(7-13)5-8-3-1-2-4-10(8)11/h1-4,7H,5H2. The highest BCUT2D eigenvalue weighted by molar-refractivity contribution is 5.98. The van der Waals surface area contributed by atoms with Crippen LogP contribution >= 0.6 is 0 Å². The van der Waals surface area contributed by atoms with Crippen LogP contribution in [0.1, 0.15) is 11.1 Å². The highest BCUT2D eigenvalue weighted by Crippen LogP contribution is 2.30. The van der Waals surface area contributed by atoms with Crippen molar-refractivity contribution in [1.82, 2.24) is 0 Å². The largest absolute Gasteiger partial charge is 0.298 e. The van der Waals surface area contributed by atoms with Crippen LogP contribution in [0.3, 0.4) is 0 Å². The van der Waals surface area contributed by atoms with Crippen LogP contribution in [0.15, 0.2) is 29.8 Å². The van der Waals surface area contributed by atoms with Gasteiger partial charge in [0.25, 0.3) is 0 Å². The maximum atomic E-state index is 10.6. The van der Waals surface area contributed by atoms with Crippen LogP contribution in [0, 0.1) is 11.3 Å². The molecular weight excluding hydrogens is 162 g/mol. The molecule has 2 heteroatoms. The van der Waals surface area contributed by atoms with Crippen LogP contribution in [0.4, 0.5) is 0 Å². The number of fused-ring (bicyclic) bond motifs is 1. The van der Waals surface area contributed by atoms with Gasteiger partial charge in [-0.25, -0.2) is 0 Å². The van der Waals surface area contributed by atoms with Gasteiger partial charge >= 0.3 is 0 Å². The fraction of sp³-hybridized carbons (Fsp3) is 0.0909. The Balaban J connectivity index is 2.62. The van der Waals surface area contributed by atoms with Crippen molar-refractivity contribution in [3.63, 3.8) is 0 Å². The average Bonchev–Trinajstić information content (AvgIpc) is 2.55. The van der Waals surface area contributed by atoms with Gasteiger partial charge < -0.3 is 0 Å². The van der Waals surface area contributed by atoms with Gasteiger partial charge in [-0.2, -0.15) is 5.26 Å². The second-order valence-corrected chi connectivity index (χ2v) is 2.96. The molecule has 0 fully saturated rings. The summed E-state index contributed by atoms with van der Waals surface area (Å²) in [5.74, 6) is 0. The highest BCUT2D eigenvalue weighted by atomic mass is 16.1.